The van der Waals surface area contributed by atoms with Gasteiger partial charge < -0.3 is 18.9 Å². The van der Waals surface area contributed by atoms with Crippen LogP contribution in [-0.2, 0) is 16.0 Å². The summed E-state index contributed by atoms with van der Waals surface area (Å²) in [6, 6.07) is 10.4. The minimum atomic E-state index is -0.769. The molecule has 0 spiro atoms. The van der Waals surface area contributed by atoms with E-state index in [-0.39, 0.29) is 18.3 Å². The summed E-state index contributed by atoms with van der Waals surface area (Å²) in [5.74, 6) is 1.25. The van der Waals surface area contributed by atoms with Crippen LogP contribution in [0.2, 0.25) is 0 Å². The Bertz CT molecular complexity index is 1650. The summed E-state index contributed by atoms with van der Waals surface area (Å²) in [7, 11) is 3.16. The zero-order valence-electron chi connectivity index (χ0n) is 23.6. The van der Waals surface area contributed by atoms with E-state index in [4.69, 9.17) is 18.9 Å². The number of aromatic nitrogens is 1. The number of carbonyl (C=O) groups excluding carboxylic acids is 1. The summed E-state index contributed by atoms with van der Waals surface area (Å²) in [4.78, 5) is 32.4. The Morgan fingerprint density at radius 2 is 1.93 bits per heavy atom. The smallest absolute Gasteiger partial charge is 0.338 e. The number of hydrogen-bond donors (Lipinski definition) is 0. The average molecular weight is 563 g/mol. The van der Waals surface area contributed by atoms with Crippen LogP contribution in [0.1, 0.15) is 50.4 Å². The maximum atomic E-state index is 14.1. The standard InChI is InChI=1S/C31H34N2O6S/c1-8-12-21-15-20(16-24(36-6)28(21)37-7)17-25-29(34)33-27(22-13-10-11-14-23(22)39-18(3)4)26(30(35)38-9-2)19(5)32-31(33)40-25/h8,10-11,13-18,27H,1,9,12H2,2-7H3/b25-17+. The van der Waals surface area contributed by atoms with Gasteiger partial charge in [-0.15, -0.1) is 6.58 Å². The molecule has 2 aromatic carbocycles. The molecule has 0 N–H and O–H groups in total. The number of rotatable bonds is 10. The minimum Gasteiger partial charge on any atom is -0.493 e. The van der Waals surface area contributed by atoms with Gasteiger partial charge in [0, 0.05) is 11.1 Å². The highest BCUT2D eigenvalue weighted by Crippen LogP contribution is 2.36. The largest absolute Gasteiger partial charge is 0.493 e. The summed E-state index contributed by atoms with van der Waals surface area (Å²) < 4.78 is 24.7. The van der Waals surface area contributed by atoms with Crippen LogP contribution >= 0.6 is 11.3 Å². The predicted octanol–water partition coefficient (Wildman–Crippen LogP) is 4.33. The van der Waals surface area contributed by atoms with Crippen molar-refractivity contribution in [2.24, 2.45) is 4.99 Å². The molecular weight excluding hydrogens is 528 g/mol. The Morgan fingerprint density at radius 1 is 1.18 bits per heavy atom. The SMILES string of the molecule is C=CCc1cc(/C=c2/sc3n(c2=O)C(c2ccccc2OC(C)C)C(C(=O)OCC)=C(C)N=3)cc(OC)c1OC. The predicted molar refractivity (Wildman–Crippen MR) is 156 cm³/mol. The third-order valence-electron chi connectivity index (χ3n) is 6.33. The molecule has 8 nitrogen and oxygen atoms in total. The third-order valence-corrected chi connectivity index (χ3v) is 7.32. The maximum absolute atomic E-state index is 14.1. The molecule has 0 saturated heterocycles. The number of esters is 1. The van der Waals surface area contributed by atoms with Crippen molar-refractivity contribution in [3.8, 4) is 17.2 Å². The molecule has 4 rings (SSSR count). The maximum Gasteiger partial charge on any atom is 0.338 e. The van der Waals surface area contributed by atoms with E-state index in [2.05, 4.69) is 11.6 Å². The monoisotopic (exact) mass is 562 g/mol. The van der Waals surface area contributed by atoms with Crippen molar-refractivity contribution in [2.45, 2.75) is 46.3 Å². The number of hydrogen-bond acceptors (Lipinski definition) is 8. The van der Waals surface area contributed by atoms with E-state index in [1.807, 2.05) is 50.2 Å². The highest BCUT2D eigenvalue weighted by molar-refractivity contribution is 7.07. The normalized spacial score (nSPS) is 15.0. The first-order valence-corrected chi connectivity index (χ1v) is 13.9. The lowest BCUT2D eigenvalue weighted by atomic mass is 9.95. The van der Waals surface area contributed by atoms with Gasteiger partial charge in [-0.1, -0.05) is 35.6 Å². The van der Waals surface area contributed by atoms with Gasteiger partial charge in [0.15, 0.2) is 16.3 Å². The summed E-state index contributed by atoms with van der Waals surface area (Å²) >= 11 is 1.26. The van der Waals surface area contributed by atoms with Gasteiger partial charge in [0.2, 0.25) is 0 Å². The molecule has 210 valence electrons. The van der Waals surface area contributed by atoms with E-state index in [1.165, 1.54) is 11.3 Å². The van der Waals surface area contributed by atoms with Gasteiger partial charge in [-0.2, -0.15) is 0 Å². The van der Waals surface area contributed by atoms with Crippen LogP contribution in [0.3, 0.4) is 0 Å². The number of allylic oxidation sites excluding steroid dienone is 2. The van der Waals surface area contributed by atoms with Crippen molar-refractivity contribution < 1.29 is 23.7 Å². The molecular formula is C31H34N2O6S. The number of methoxy groups -OCH3 is 2. The van der Waals surface area contributed by atoms with E-state index in [0.717, 1.165) is 11.1 Å². The first-order chi connectivity index (χ1) is 19.2. The van der Waals surface area contributed by atoms with E-state index in [1.54, 1.807) is 44.8 Å². The number of carbonyl (C=O) groups is 1. The van der Waals surface area contributed by atoms with Crippen LogP contribution in [-0.4, -0.2) is 37.5 Å². The second-order valence-corrected chi connectivity index (χ2v) is 10.4. The van der Waals surface area contributed by atoms with Crippen LogP contribution in [0.5, 0.6) is 17.2 Å². The van der Waals surface area contributed by atoms with Crippen molar-refractivity contribution in [3.63, 3.8) is 0 Å². The molecule has 0 bridgehead atoms. The van der Waals surface area contributed by atoms with Crippen LogP contribution in [0, 0.1) is 0 Å². The third kappa shape index (κ3) is 5.60. The van der Waals surface area contributed by atoms with Gasteiger partial charge >= 0.3 is 5.97 Å². The fourth-order valence-corrected chi connectivity index (χ4v) is 5.81. The number of nitrogens with zero attached hydrogens (tertiary/aromatic N) is 2. The Kier molecular flexibility index (Phi) is 8.94. The number of para-hydroxylation sites is 1. The summed E-state index contributed by atoms with van der Waals surface area (Å²) in [5.41, 5.74) is 2.85. The van der Waals surface area contributed by atoms with Crippen molar-refractivity contribution in [1.82, 2.24) is 4.57 Å². The fraction of sp³-hybridized carbons (Fsp3) is 0.323. The molecule has 1 aromatic heterocycles. The topological polar surface area (TPSA) is 88.4 Å². The van der Waals surface area contributed by atoms with Crippen LogP contribution in [0.25, 0.3) is 6.08 Å². The Labute approximate surface area is 237 Å². The van der Waals surface area contributed by atoms with Crippen molar-refractivity contribution in [3.05, 3.63) is 96.7 Å². The van der Waals surface area contributed by atoms with E-state index >= 15 is 0 Å². The molecule has 2 heterocycles. The summed E-state index contributed by atoms with van der Waals surface area (Å²) in [6.45, 7) is 11.4. The van der Waals surface area contributed by atoms with Gasteiger partial charge in [-0.05, 0) is 64.0 Å². The van der Waals surface area contributed by atoms with E-state index in [9.17, 15) is 9.59 Å². The highest BCUT2D eigenvalue weighted by Gasteiger charge is 2.35. The summed E-state index contributed by atoms with van der Waals surface area (Å²) in [5, 5.41) is 0. The Hall–Kier alpha value is -4.11. The lowest BCUT2D eigenvalue weighted by molar-refractivity contribution is -0.139. The lowest BCUT2D eigenvalue weighted by Crippen LogP contribution is -2.40. The van der Waals surface area contributed by atoms with Crippen molar-refractivity contribution in [1.29, 1.82) is 0 Å². The molecule has 0 aliphatic carbocycles. The molecule has 1 unspecified atom stereocenters. The quantitative estimate of drug-likeness (QED) is 0.270. The average Bonchev–Trinajstić information content (AvgIpc) is 3.22. The molecule has 3 aromatic rings. The number of fused-ring (bicyclic) bond motifs is 1. The molecule has 0 fully saturated rings. The Morgan fingerprint density at radius 3 is 2.58 bits per heavy atom. The number of ether oxygens (including phenoxy) is 4. The van der Waals surface area contributed by atoms with E-state index in [0.29, 0.717) is 49.8 Å². The van der Waals surface area contributed by atoms with Crippen molar-refractivity contribution >= 4 is 23.4 Å². The Balaban J connectivity index is 1.98. The molecule has 1 atom stereocenters. The van der Waals surface area contributed by atoms with Gasteiger partial charge in [-0.25, -0.2) is 9.79 Å². The molecule has 40 heavy (non-hydrogen) atoms. The zero-order chi connectivity index (χ0) is 29.0. The van der Waals surface area contributed by atoms with Gasteiger partial charge in [0.1, 0.15) is 11.8 Å². The van der Waals surface area contributed by atoms with Crippen molar-refractivity contribution in [2.75, 3.05) is 20.8 Å². The lowest BCUT2D eigenvalue weighted by Gasteiger charge is -2.26. The molecule has 1 aliphatic rings. The van der Waals surface area contributed by atoms with Crippen LogP contribution in [0.4, 0.5) is 0 Å². The molecule has 0 amide bonds. The zero-order valence-corrected chi connectivity index (χ0v) is 24.5. The molecule has 0 saturated carbocycles. The minimum absolute atomic E-state index is 0.108. The molecule has 1 aliphatic heterocycles. The van der Waals surface area contributed by atoms with Gasteiger partial charge in [0.05, 0.1) is 42.7 Å². The van der Waals surface area contributed by atoms with Gasteiger partial charge in [0.25, 0.3) is 5.56 Å². The van der Waals surface area contributed by atoms with Crippen LogP contribution < -0.4 is 29.1 Å². The van der Waals surface area contributed by atoms with Crippen LogP contribution in [0.15, 0.2) is 70.1 Å². The fourth-order valence-electron chi connectivity index (χ4n) is 4.76. The molecule has 0 radical (unpaired) electrons. The summed E-state index contributed by atoms with van der Waals surface area (Å²) in [6.07, 6.45) is 4.04. The first-order valence-electron chi connectivity index (χ1n) is 13.0. The number of thiazole rings is 1. The van der Waals surface area contributed by atoms with E-state index < -0.39 is 12.0 Å². The molecule has 9 heteroatoms. The highest BCUT2D eigenvalue weighted by atomic mass is 32.1. The van der Waals surface area contributed by atoms with Gasteiger partial charge in [-0.3, -0.25) is 9.36 Å². The second kappa shape index (κ2) is 12.4. The first kappa shape index (κ1) is 28.9. The number of benzene rings is 2. The second-order valence-electron chi connectivity index (χ2n) is 9.42.